The van der Waals surface area contributed by atoms with E-state index in [0.29, 0.717) is 11.3 Å². The Morgan fingerprint density at radius 1 is 1.09 bits per heavy atom. The van der Waals surface area contributed by atoms with Crippen LogP contribution in [0.2, 0.25) is 0 Å². The normalized spacial score (nSPS) is 13.6. The molecule has 4 aromatic rings. The quantitative estimate of drug-likeness (QED) is 0.392. The minimum atomic E-state index is -4.92. The number of carbonyl (C=O) groups excluding carboxylic acids is 1. The lowest BCUT2D eigenvalue weighted by Gasteiger charge is -2.17. The molecule has 0 atom stereocenters. The first-order valence-electron chi connectivity index (χ1n) is 10.0. The number of rotatable bonds is 4. The molecule has 0 N–H and O–H groups in total. The number of pyridine rings is 1. The maximum Gasteiger partial charge on any atom is 0.573 e. The third kappa shape index (κ3) is 3.82. The van der Waals surface area contributed by atoms with E-state index in [1.807, 2.05) is 0 Å². The fourth-order valence-electron chi connectivity index (χ4n) is 4.06. The van der Waals surface area contributed by atoms with Crippen LogP contribution in [-0.4, -0.2) is 31.9 Å². The van der Waals surface area contributed by atoms with Crippen LogP contribution >= 0.6 is 0 Å². The Morgan fingerprint density at radius 3 is 2.50 bits per heavy atom. The minimum absolute atomic E-state index is 0.102. The van der Waals surface area contributed by atoms with Gasteiger partial charge in [0.2, 0.25) is 0 Å². The number of amides is 1. The first-order valence-corrected chi connectivity index (χ1v) is 10.0. The van der Waals surface area contributed by atoms with Crippen LogP contribution in [0.4, 0.5) is 22.0 Å². The average Bonchev–Trinajstić information content (AvgIpc) is 3.30. The van der Waals surface area contributed by atoms with Crippen LogP contribution in [0.1, 0.15) is 21.6 Å². The number of hydrogen-bond donors (Lipinski definition) is 0. The smallest absolute Gasteiger partial charge is 0.403 e. The third-order valence-corrected chi connectivity index (χ3v) is 5.53. The number of ether oxygens (including phenoxy) is 1. The van der Waals surface area contributed by atoms with Gasteiger partial charge >= 0.3 is 6.36 Å². The van der Waals surface area contributed by atoms with E-state index in [0.717, 1.165) is 18.2 Å². The molecule has 0 spiro atoms. The lowest BCUT2D eigenvalue weighted by Crippen LogP contribution is -2.24. The maximum atomic E-state index is 15.0. The van der Waals surface area contributed by atoms with E-state index in [1.54, 1.807) is 12.1 Å². The van der Waals surface area contributed by atoms with Gasteiger partial charge in [0.1, 0.15) is 17.2 Å². The molecule has 1 aliphatic heterocycles. The van der Waals surface area contributed by atoms with Crippen LogP contribution in [0.15, 0.2) is 48.8 Å². The van der Waals surface area contributed by atoms with Gasteiger partial charge in [-0.2, -0.15) is 5.10 Å². The van der Waals surface area contributed by atoms with E-state index < -0.39 is 23.7 Å². The summed E-state index contributed by atoms with van der Waals surface area (Å²) in [7, 11) is 1.51. The van der Waals surface area contributed by atoms with E-state index in [-0.39, 0.29) is 46.6 Å². The lowest BCUT2D eigenvalue weighted by atomic mass is 9.99. The highest BCUT2D eigenvalue weighted by molar-refractivity contribution is 5.98. The van der Waals surface area contributed by atoms with Crippen LogP contribution in [0.3, 0.4) is 0 Å². The summed E-state index contributed by atoms with van der Waals surface area (Å²) in [4.78, 5) is 17.9. The summed E-state index contributed by atoms with van der Waals surface area (Å²) in [5.74, 6) is -2.67. The summed E-state index contributed by atoms with van der Waals surface area (Å²) >= 11 is 0. The van der Waals surface area contributed by atoms with Gasteiger partial charge in [0.05, 0.1) is 24.3 Å². The van der Waals surface area contributed by atoms with Crippen molar-refractivity contribution >= 4 is 16.8 Å². The van der Waals surface area contributed by atoms with Crippen molar-refractivity contribution in [2.45, 2.75) is 19.5 Å². The van der Waals surface area contributed by atoms with Crippen LogP contribution < -0.4 is 4.74 Å². The highest BCUT2D eigenvalue weighted by Crippen LogP contribution is 2.37. The van der Waals surface area contributed by atoms with Crippen molar-refractivity contribution in [3.8, 4) is 16.9 Å². The SMILES string of the molecule is Cn1cc2c(-c3cc(F)c(CN4Cc5ncccc5C4=O)c(F)c3)ccc(OC(F)(F)F)c2n1. The molecule has 1 aliphatic rings. The van der Waals surface area contributed by atoms with Gasteiger partial charge in [0.15, 0.2) is 5.75 Å². The molecule has 0 fully saturated rings. The van der Waals surface area contributed by atoms with E-state index >= 15 is 8.78 Å². The molecule has 3 heterocycles. The number of alkyl halides is 3. The predicted molar refractivity (Wildman–Crippen MR) is 111 cm³/mol. The molecule has 2 aromatic carbocycles. The summed E-state index contributed by atoms with van der Waals surface area (Å²) in [6.45, 7) is -0.166. The third-order valence-electron chi connectivity index (χ3n) is 5.53. The molecule has 6 nitrogen and oxygen atoms in total. The van der Waals surface area contributed by atoms with Gasteiger partial charge in [0, 0.05) is 30.4 Å². The number of benzene rings is 2. The Bertz CT molecular complexity index is 1420. The zero-order valence-corrected chi connectivity index (χ0v) is 17.5. The Morgan fingerprint density at radius 2 is 1.82 bits per heavy atom. The van der Waals surface area contributed by atoms with Gasteiger partial charge in [-0.05, 0) is 47.5 Å². The van der Waals surface area contributed by atoms with Crippen molar-refractivity contribution < 1.29 is 31.5 Å². The van der Waals surface area contributed by atoms with Gasteiger partial charge in [0.25, 0.3) is 5.91 Å². The number of nitrogens with zero attached hydrogens (tertiary/aromatic N) is 4. The van der Waals surface area contributed by atoms with E-state index in [4.69, 9.17) is 0 Å². The zero-order valence-electron chi connectivity index (χ0n) is 17.5. The molecule has 11 heteroatoms. The number of halogens is 5. The summed E-state index contributed by atoms with van der Waals surface area (Å²) in [6, 6.07) is 7.71. The highest BCUT2D eigenvalue weighted by atomic mass is 19.4. The monoisotopic (exact) mass is 474 g/mol. The zero-order chi connectivity index (χ0) is 24.2. The van der Waals surface area contributed by atoms with Gasteiger partial charge in [-0.1, -0.05) is 0 Å². The standard InChI is InChI=1S/C23H15F5N4O2/c1-31-9-15-13(4-5-20(21(15)30-31)34-23(26,27)28)12-7-17(24)16(18(25)8-12)10-32-11-19-14(22(32)33)3-2-6-29-19/h2-9H,10-11H2,1H3. The first-order chi connectivity index (χ1) is 16.1. The topological polar surface area (TPSA) is 60.2 Å². The molecule has 5 rings (SSSR count). The Labute approximate surface area is 189 Å². The molecule has 0 radical (unpaired) electrons. The fourth-order valence-corrected chi connectivity index (χ4v) is 4.06. The van der Waals surface area contributed by atoms with E-state index in [9.17, 15) is 18.0 Å². The van der Waals surface area contributed by atoms with Crippen LogP contribution in [0.5, 0.6) is 5.75 Å². The highest BCUT2D eigenvalue weighted by Gasteiger charge is 2.33. The summed E-state index contributed by atoms with van der Waals surface area (Å²) < 4.78 is 73.6. The van der Waals surface area contributed by atoms with Gasteiger partial charge in [-0.15, -0.1) is 13.2 Å². The largest absolute Gasteiger partial charge is 0.573 e. The molecule has 2 aromatic heterocycles. The summed E-state index contributed by atoms with van der Waals surface area (Å²) in [5, 5.41) is 4.23. The average molecular weight is 474 g/mol. The van der Waals surface area contributed by atoms with Crippen molar-refractivity contribution in [1.29, 1.82) is 0 Å². The molecule has 1 amide bonds. The second-order valence-corrected chi connectivity index (χ2v) is 7.80. The Hall–Kier alpha value is -4.02. The van der Waals surface area contributed by atoms with Crippen molar-refractivity contribution in [2.75, 3.05) is 0 Å². The number of fused-ring (bicyclic) bond motifs is 2. The molecule has 0 saturated carbocycles. The van der Waals surface area contributed by atoms with Crippen molar-refractivity contribution in [1.82, 2.24) is 19.7 Å². The van der Waals surface area contributed by atoms with E-state index in [1.165, 1.54) is 35.1 Å². The minimum Gasteiger partial charge on any atom is -0.403 e. The van der Waals surface area contributed by atoms with Crippen LogP contribution in [0.25, 0.3) is 22.0 Å². The molecule has 0 unspecified atom stereocenters. The molecular weight excluding hydrogens is 459 g/mol. The Balaban J connectivity index is 1.50. The van der Waals surface area contributed by atoms with Crippen LogP contribution in [-0.2, 0) is 20.1 Å². The number of carbonyl (C=O) groups is 1. The fraction of sp³-hybridized carbons (Fsp3) is 0.174. The van der Waals surface area contributed by atoms with Crippen LogP contribution in [0, 0.1) is 11.6 Å². The van der Waals surface area contributed by atoms with E-state index in [2.05, 4.69) is 14.8 Å². The lowest BCUT2D eigenvalue weighted by molar-refractivity contribution is -0.274. The second kappa shape index (κ2) is 7.79. The van der Waals surface area contributed by atoms with Gasteiger partial charge < -0.3 is 9.64 Å². The second-order valence-electron chi connectivity index (χ2n) is 7.80. The maximum absolute atomic E-state index is 15.0. The molecule has 0 saturated heterocycles. The Kier molecular flexibility index (Phi) is 4.99. The molecule has 174 valence electrons. The first kappa shape index (κ1) is 21.8. The number of hydrogen-bond acceptors (Lipinski definition) is 4. The van der Waals surface area contributed by atoms with Crippen molar-refractivity contribution in [3.05, 3.63) is 77.2 Å². The van der Waals surface area contributed by atoms with Crippen molar-refractivity contribution in [3.63, 3.8) is 0 Å². The molecule has 0 aliphatic carbocycles. The molecule has 0 bridgehead atoms. The summed E-state index contributed by atoms with van der Waals surface area (Å²) in [5.41, 5.74) is 0.897. The molecule has 34 heavy (non-hydrogen) atoms. The van der Waals surface area contributed by atoms with Gasteiger partial charge in [-0.3, -0.25) is 14.5 Å². The van der Waals surface area contributed by atoms with Crippen molar-refractivity contribution in [2.24, 2.45) is 7.05 Å². The number of aryl methyl sites for hydroxylation is 1. The number of aromatic nitrogens is 3. The summed E-state index contributed by atoms with van der Waals surface area (Å²) in [6.07, 6.45) is -1.95. The molecular formula is C23H15F5N4O2. The van der Waals surface area contributed by atoms with Gasteiger partial charge in [-0.25, -0.2) is 8.78 Å². The predicted octanol–water partition coefficient (Wildman–Crippen LogP) is 4.97.